The van der Waals surface area contributed by atoms with Crippen LogP contribution in [-0.2, 0) is 5.41 Å². The molecule has 4 atom stereocenters. The molecular weight excluding hydrogens is 316 g/mol. The summed E-state index contributed by atoms with van der Waals surface area (Å²) in [6.45, 7) is 11.5. The second-order valence-corrected chi connectivity index (χ2v) is 9.32. The summed E-state index contributed by atoms with van der Waals surface area (Å²) < 4.78 is 0. The second-order valence-electron chi connectivity index (χ2n) is 9.32. The van der Waals surface area contributed by atoms with Crippen molar-refractivity contribution in [3.8, 4) is 0 Å². The number of nitrogens with zero attached hydrogens (tertiary/aromatic N) is 2. The van der Waals surface area contributed by atoms with Crippen molar-refractivity contribution < 1.29 is 0 Å². The van der Waals surface area contributed by atoms with Crippen LogP contribution in [0, 0.1) is 5.41 Å². The van der Waals surface area contributed by atoms with Crippen LogP contribution < -0.4 is 4.90 Å². The van der Waals surface area contributed by atoms with Crippen LogP contribution in [-0.4, -0.2) is 36.6 Å². The van der Waals surface area contributed by atoms with Crippen LogP contribution in [0.25, 0.3) is 0 Å². The van der Waals surface area contributed by atoms with Gasteiger partial charge in [-0.25, -0.2) is 0 Å². The van der Waals surface area contributed by atoms with Crippen LogP contribution in [0.1, 0.15) is 51.5 Å². The third kappa shape index (κ3) is 1.68. The molecule has 0 amide bonds. The molecule has 3 heterocycles. The first-order chi connectivity index (χ1) is 12.5. The number of hydrogen-bond acceptors (Lipinski definition) is 2. The molecule has 138 valence electrons. The number of piperidine rings is 1. The molecule has 2 heteroatoms. The standard InChI is InChI=1S/C24H32N2/c1-5-22-11-8-15-26-16-14-24(21(22)26)19-9-6-7-10-20(19)25(4)23(24,13-12-22)17-18(2)3/h6-7,9-10,12-13,21H,2,5,8,11,14-17H2,1,3-4H3/t21-,22-,23+,24+/m0/s1. The molecule has 0 bridgehead atoms. The topological polar surface area (TPSA) is 6.48 Å². The van der Waals surface area contributed by atoms with Crippen LogP contribution in [0.4, 0.5) is 5.69 Å². The Morgan fingerprint density at radius 3 is 2.77 bits per heavy atom. The summed E-state index contributed by atoms with van der Waals surface area (Å²) in [5.41, 5.74) is 4.91. The summed E-state index contributed by atoms with van der Waals surface area (Å²) in [6.07, 6.45) is 11.5. The highest BCUT2D eigenvalue weighted by Crippen LogP contribution is 2.68. The van der Waals surface area contributed by atoms with Crippen LogP contribution in [0.3, 0.4) is 0 Å². The number of likely N-dealkylation sites (N-methyl/N-ethyl adjacent to an activating group) is 1. The van der Waals surface area contributed by atoms with Gasteiger partial charge in [0.25, 0.3) is 0 Å². The van der Waals surface area contributed by atoms with Gasteiger partial charge in [-0.3, -0.25) is 4.90 Å². The highest BCUT2D eigenvalue weighted by molar-refractivity contribution is 5.71. The zero-order valence-corrected chi connectivity index (χ0v) is 16.6. The molecule has 1 aromatic rings. The third-order valence-corrected chi connectivity index (χ3v) is 8.29. The number of rotatable bonds is 3. The highest BCUT2D eigenvalue weighted by Gasteiger charge is 2.71. The Morgan fingerprint density at radius 1 is 1.19 bits per heavy atom. The molecule has 0 radical (unpaired) electrons. The van der Waals surface area contributed by atoms with Crippen molar-refractivity contribution in [2.45, 2.75) is 62.9 Å². The molecule has 1 aliphatic carbocycles. The Morgan fingerprint density at radius 2 is 2.00 bits per heavy atom. The summed E-state index contributed by atoms with van der Waals surface area (Å²) >= 11 is 0. The van der Waals surface area contributed by atoms with Crippen LogP contribution in [0.5, 0.6) is 0 Å². The molecule has 1 aromatic carbocycles. The molecule has 0 unspecified atom stereocenters. The van der Waals surface area contributed by atoms with Crippen molar-refractivity contribution >= 4 is 5.69 Å². The van der Waals surface area contributed by atoms with Gasteiger partial charge >= 0.3 is 0 Å². The first kappa shape index (κ1) is 16.6. The molecule has 4 aliphatic rings. The van der Waals surface area contributed by atoms with Gasteiger partial charge < -0.3 is 4.90 Å². The Bertz CT molecular complexity index is 795. The minimum Gasteiger partial charge on any atom is -0.364 e. The first-order valence-electron chi connectivity index (χ1n) is 10.4. The fourth-order valence-corrected chi connectivity index (χ4v) is 7.39. The average molecular weight is 349 g/mol. The Kier molecular flexibility index (Phi) is 3.36. The zero-order chi connectivity index (χ0) is 18.2. The Hall–Kier alpha value is -1.54. The van der Waals surface area contributed by atoms with E-state index < -0.39 is 0 Å². The van der Waals surface area contributed by atoms with Crippen molar-refractivity contribution in [2.75, 3.05) is 25.0 Å². The van der Waals surface area contributed by atoms with Gasteiger partial charge in [0.05, 0.1) is 5.54 Å². The van der Waals surface area contributed by atoms with E-state index in [4.69, 9.17) is 0 Å². The number of para-hydroxylation sites is 1. The van der Waals surface area contributed by atoms with Crippen molar-refractivity contribution in [1.82, 2.24) is 4.90 Å². The maximum absolute atomic E-state index is 4.35. The Balaban J connectivity index is 1.84. The summed E-state index contributed by atoms with van der Waals surface area (Å²) in [5, 5.41) is 0. The lowest BCUT2D eigenvalue weighted by Crippen LogP contribution is -2.68. The smallest absolute Gasteiger partial charge is 0.0731 e. The number of benzene rings is 1. The quantitative estimate of drug-likeness (QED) is 0.716. The molecule has 1 spiro atoms. The average Bonchev–Trinajstić information content (AvgIpc) is 3.14. The van der Waals surface area contributed by atoms with E-state index in [1.54, 1.807) is 5.56 Å². The lowest BCUT2D eigenvalue weighted by Gasteiger charge is -2.60. The SMILES string of the molecule is C=C(C)C[C@]12C=C[C@]3(CC)CCCN4CC[C@@]1(c1ccccc1N2C)[C@@H]43. The van der Waals surface area contributed by atoms with E-state index in [0.29, 0.717) is 11.5 Å². The monoisotopic (exact) mass is 348 g/mol. The van der Waals surface area contributed by atoms with Gasteiger partial charge in [0.2, 0.25) is 0 Å². The van der Waals surface area contributed by atoms with Crippen molar-refractivity contribution in [1.29, 1.82) is 0 Å². The summed E-state index contributed by atoms with van der Waals surface area (Å²) in [4.78, 5) is 5.45. The van der Waals surface area contributed by atoms with E-state index >= 15 is 0 Å². The largest absolute Gasteiger partial charge is 0.364 e. The second kappa shape index (κ2) is 5.25. The lowest BCUT2D eigenvalue weighted by molar-refractivity contribution is 0.0125. The highest BCUT2D eigenvalue weighted by atomic mass is 15.3. The van der Waals surface area contributed by atoms with Gasteiger partial charge in [-0.05, 0) is 63.7 Å². The van der Waals surface area contributed by atoms with Crippen LogP contribution in [0.2, 0.25) is 0 Å². The van der Waals surface area contributed by atoms with E-state index in [1.165, 1.54) is 50.0 Å². The van der Waals surface area contributed by atoms with Crippen molar-refractivity contribution in [3.63, 3.8) is 0 Å². The number of anilines is 1. The molecule has 2 fully saturated rings. The van der Waals surface area contributed by atoms with E-state index in [-0.39, 0.29) is 11.0 Å². The van der Waals surface area contributed by atoms with Gasteiger partial charge in [0, 0.05) is 29.6 Å². The van der Waals surface area contributed by atoms with Crippen LogP contribution >= 0.6 is 0 Å². The van der Waals surface area contributed by atoms with E-state index in [2.05, 4.69) is 73.7 Å². The van der Waals surface area contributed by atoms with Gasteiger partial charge in [0.1, 0.15) is 0 Å². The minimum absolute atomic E-state index is 0.0396. The Labute approximate surface area is 158 Å². The fourth-order valence-electron chi connectivity index (χ4n) is 7.39. The van der Waals surface area contributed by atoms with Gasteiger partial charge in [-0.1, -0.05) is 42.8 Å². The predicted octanol–water partition coefficient (Wildman–Crippen LogP) is 4.91. The van der Waals surface area contributed by atoms with Gasteiger partial charge in [-0.2, -0.15) is 0 Å². The number of hydrogen-bond donors (Lipinski definition) is 0. The van der Waals surface area contributed by atoms with E-state index in [1.807, 2.05) is 0 Å². The third-order valence-electron chi connectivity index (χ3n) is 8.29. The summed E-state index contributed by atoms with van der Waals surface area (Å²) in [5.74, 6) is 0. The van der Waals surface area contributed by atoms with E-state index in [9.17, 15) is 0 Å². The molecule has 3 aliphatic heterocycles. The summed E-state index contributed by atoms with van der Waals surface area (Å²) in [6, 6.07) is 9.88. The molecule has 26 heavy (non-hydrogen) atoms. The molecule has 2 saturated heterocycles. The first-order valence-corrected chi connectivity index (χ1v) is 10.4. The van der Waals surface area contributed by atoms with Crippen LogP contribution in [0.15, 0.2) is 48.6 Å². The summed E-state index contributed by atoms with van der Waals surface area (Å²) in [7, 11) is 2.32. The molecule has 0 N–H and O–H groups in total. The fraction of sp³-hybridized carbons (Fsp3) is 0.583. The zero-order valence-electron chi connectivity index (χ0n) is 16.6. The minimum atomic E-state index is 0.0396. The predicted molar refractivity (Wildman–Crippen MR) is 110 cm³/mol. The normalized spacial score (nSPS) is 40.3. The number of fused-ring (bicyclic) bond motifs is 1. The van der Waals surface area contributed by atoms with Gasteiger partial charge in [-0.15, -0.1) is 6.58 Å². The van der Waals surface area contributed by atoms with Crippen molar-refractivity contribution in [3.05, 3.63) is 54.1 Å². The molecule has 5 rings (SSSR count). The molecule has 0 saturated carbocycles. The maximum atomic E-state index is 4.35. The molecule has 2 nitrogen and oxygen atoms in total. The maximum Gasteiger partial charge on any atom is 0.0731 e. The van der Waals surface area contributed by atoms with Crippen molar-refractivity contribution in [2.24, 2.45) is 5.41 Å². The van der Waals surface area contributed by atoms with E-state index in [0.717, 1.165) is 6.42 Å². The lowest BCUT2D eigenvalue weighted by atomic mass is 9.49. The van der Waals surface area contributed by atoms with Gasteiger partial charge in [0.15, 0.2) is 0 Å². The molecular formula is C24H32N2. The molecule has 0 aromatic heterocycles.